The van der Waals surface area contributed by atoms with Crippen LogP contribution in [0.25, 0.3) is 0 Å². The van der Waals surface area contributed by atoms with Crippen LogP contribution in [-0.4, -0.2) is 57.7 Å². The molecule has 1 atom stereocenters. The molecule has 0 heterocycles. The van der Waals surface area contributed by atoms with Crippen LogP contribution in [-0.2, 0) is 11.3 Å². The highest BCUT2D eigenvalue weighted by atomic mass is 127. The summed E-state index contributed by atoms with van der Waals surface area (Å²) in [6.45, 7) is 9.29. The Kier molecular flexibility index (Phi) is 14.9. The first-order valence-electron chi connectivity index (χ1n) is 8.90. The van der Waals surface area contributed by atoms with E-state index >= 15 is 0 Å². The number of guanidine groups is 1. The van der Waals surface area contributed by atoms with Gasteiger partial charge in [-0.05, 0) is 45.5 Å². The number of hydrogen-bond acceptors (Lipinski definition) is 3. The average molecular weight is 462 g/mol. The molecule has 0 saturated heterocycles. The van der Waals surface area contributed by atoms with Crippen LogP contribution in [0.1, 0.15) is 25.8 Å². The second-order valence-electron chi connectivity index (χ2n) is 6.41. The zero-order valence-electron chi connectivity index (χ0n) is 16.1. The minimum atomic E-state index is 0. The lowest BCUT2D eigenvalue weighted by atomic mass is 10.2. The van der Waals surface area contributed by atoms with Crippen LogP contribution in [0.2, 0.25) is 0 Å². The van der Waals surface area contributed by atoms with Crippen LogP contribution in [0.5, 0.6) is 0 Å². The molecule has 0 aromatic heterocycles. The summed E-state index contributed by atoms with van der Waals surface area (Å²) in [5.74, 6) is 1.29. The number of nitrogens with one attached hydrogen (secondary N) is 2. The predicted octanol–water partition coefficient (Wildman–Crippen LogP) is 2.96. The van der Waals surface area contributed by atoms with E-state index in [-0.39, 0.29) is 24.0 Å². The van der Waals surface area contributed by atoms with Gasteiger partial charge in [-0.2, -0.15) is 0 Å². The molecule has 1 aromatic rings. The normalized spacial score (nSPS) is 12.6. The lowest BCUT2D eigenvalue weighted by molar-refractivity contribution is 0.0945. The van der Waals surface area contributed by atoms with Crippen LogP contribution in [0.3, 0.4) is 0 Å². The second-order valence-corrected chi connectivity index (χ2v) is 6.41. The van der Waals surface area contributed by atoms with Crippen molar-refractivity contribution in [2.24, 2.45) is 10.9 Å². The molecule has 0 aliphatic carbocycles. The summed E-state index contributed by atoms with van der Waals surface area (Å²) in [5.41, 5.74) is 1.21. The Morgan fingerprint density at radius 3 is 2.56 bits per heavy atom. The van der Waals surface area contributed by atoms with Crippen molar-refractivity contribution in [1.82, 2.24) is 15.5 Å². The number of halogens is 1. The summed E-state index contributed by atoms with van der Waals surface area (Å²) in [6.07, 6.45) is 1.10. The van der Waals surface area contributed by atoms with Gasteiger partial charge in [-0.15, -0.1) is 24.0 Å². The van der Waals surface area contributed by atoms with E-state index in [2.05, 4.69) is 60.6 Å². The first-order valence-corrected chi connectivity index (χ1v) is 8.90. The van der Waals surface area contributed by atoms with Gasteiger partial charge in [-0.3, -0.25) is 4.99 Å². The molecule has 0 radical (unpaired) electrons. The summed E-state index contributed by atoms with van der Waals surface area (Å²) in [4.78, 5) is 6.85. The minimum Gasteiger partial charge on any atom is -0.376 e. The molecule has 1 rings (SSSR count). The van der Waals surface area contributed by atoms with Gasteiger partial charge in [0, 0.05) is 19.6 Å². The van der Waals surface area contributed by atoms with Crippen LogP contribution in [0.4, 0.5) is 0 Å². The molecule has 0 saturated carbocycles. The Morgan fingerprint density at radius 1 is 1.20 bits per heavy atom. The highest BCUT2D eigenvalue weighted by Gasteiger charge is 2.04. The van der Waals surface area contributed by atoms with Crippen LogP contribution in [0.15, 0.2) is 35.3 Å². The molecule has 2 N–H and O–H groups in total. The molecule has 5 nitrogen and oxygen atoms in total. The van der Waals surface area contributed by atoms with Gasteiger partial charge < -0.3 is 20.3 Å². The van der Waals surface area contributed by atoms with Crippen molar-refractivity contribution in [2.45, 2.75) is 26.9 Å². The Morgan fingerprint density at radius 2 is 1.92 bits per heavy atom. The summed E-state index contributed by atoms with van der Waals surface area (Å²) in [6, 6.07) is 10.3. The van der Waals surface area contributed by atoms with Crippen LogP contribution < -0.4 is 10.6 Å². The number of benzene rings is 1. The predicted molar refractivity (Wildman–Crippen MR) is 118 cm³/mol. The maximum atomic E-state index is 5.78. The van der Waals surface area contributed by atoms with Gasteiger partial charge in [0.05, 0.1) is 13.2 Å². The molecule has 25 heavy (non-hydrogen) atoms. The first kappa shape index (κ1) is 24.1. The van der Waals surface area contributed by atoms with Crippen molar-refractivity contribution in [2.75, 3.05) is 46.9 Å². The molecule has 0 spiro atoms. The van der Waals surface area contributed by atoms with E-state index in [1.807, 2.05) is 18.2 Å². The quantitative estimate of drug-likeness (QED) is 0.230. The van der Waals surface area contributed by atoms with Gasteiger partial charge in [0.2, 0.25) is 0 Å². The lowest BCUT2D eigenvalue weighted by Gasteiger charge is -2.15. The summed E-state index contributed by atoms with van der Waals surface area (Å²) >= 11 is 0. The van der Waals surface area contributed by atoms with Crippen LogP contribution >= 0.6 is 24.0 Å². The van der Waals surface area contributed by atoms with Crippen molar-refractivity contribution in [3.8, 4) is 0 Å². The monoisotopic (exact) mass is 462 g/mol. The third-order valence-electron chi connectivity index (χ3n) is 3.49. The molecule has 0 aliphatic heterocycles. The largest absolute Gasteiger partial charge is 0.376 e. The van der Waals surface area contributed by atoms with Gasteiger partial charge in [-0.1, -0.05) is 37.3 Å². The fourth-order valence-corrected chi connectivity index (χ4v) is 2.20. The highest BCUT2D eigenvalue weighted by Crippen LogP contribution is 2.03. The smallest absolute Gasteiger partial charge is 0.191 e. The van der Waals surface area contributed by atoms with E-state index < -0.39 is 0 Å². The summed E-state index contributed by atoms with van der Waals surface area (Å²) in [5, 5.41) is 6.68. The molecule has 144 valence electrons. The number of aliphatic imine (C=N–C) groups is 1. The zero-order valence-corrected chi connectivity index (χ0v) is 18.5. The van der Waals surface area contributed by atoms with Crippen molar-refractivity contribution in [3.63, 3.8) is 0 Å². The Balaban J connectivity index is 0.00000576. The standard InChI is InChI=1S/C19H34N4O.HI/c1-5-20-19(21-12-9-13-23(3)4)22-14-17(2)15-24-16-18-10-7-6-8-11-18;/h6-8,10-11,17H,5,9,12-16H2,1-4H3,(H2,20,21,22);1H. The third-order valence-corrected chi connectivity index (χ3v) is 3.49. The molecule has 0 aliphatic rings. The topological polar surface area (TPSA) is 48.9 Å². The van der Waals surface area contributed by atoms with Gasteiger partial charge in [0.25, 0.3) is 0 Å². The van der Waals surface area contributed by atoms with E-state index in [0.717, 1.165) is 45.2 Å². The third kappa shape index (κ3) is 13.1. The molecule has 1 unspecified atom stereocenters. The Bertz CT molecular complexity index is 454. The maximum absolute atomic E-state index is 5.78. The fourth-order valence-electron chi connectivity index (χ4n) is 2.20. The molecule has 0 fully saturated rings. The lowest BCUT2D eigenvalue weighted by Crippen LogP contribution is -2.38. The molecule has 1 aromatic carbocycles. The number of ether oxygens (including phenoxy) is 1. The fraction of sp³-hybridized carbons (Fsp3) is 0.632. The minimum absolute atomic E-state index is 0. The number of rotatable bonds is 11. The molecular weight excluding hydrogens is 427 g/mol. The number of hydrogen-bond donors (Lipinski definition) is 2. The zero-order chi connectivity index (χ0) is 17.6. The van der Waals surface area contributed by atoms with E-state index in [1.54, 1.807) is 0 Å². The van der Waals surface area contributed by atoms with Gasteiger partial charge in [-0.25, -0.2) is 0 Å². The SMILES string of the molecule is CCNC(=NCC(C)COCc1ccccc1)NCCCN(C)C.I. The van der Waals surface area contributed by atoms with Crippen molar-refractivity contribution in [1.29, 1.82) is 0 Å². The molecule has 6 heteroatoms. The molecule has 0 bridgehead atoms. The summed E-state index contributed by atoms with van der Waals surface area (Å²) < 4.78 is 5.78. The summed E-state index contributed by atoms with van der Waals surface area (Å²) in [7, 11) is 4.19. The average Bonchev–Trinajstić information content (AvgIpc) is 2.57. The van der Waals surface area contributed by atoms with E-state index in [0.29, 0.717) is 12.5 Å². The van der Waals surface area contributed by atoms with Crippen molar-refractivity contribution >= 4 is 29.9 Å². The Hall–Kier alpha value is -0.860. The van der Waals surface area contributed by atoms with Crippen molar-refractivity contribution < 1.29 is 4.74 Å². The van der Waals surface area contributed by atoms with Gasteiger partial charge in [0.15, 0.2) is 5.96 Å². The van der Waals surface area contributed by atoms with E-state index in [9.17, 15) is 0 Å². The van der Waals surface area contributed by atoms with Gasteiger partial charge >= 0.3 is 0 Å². The second kappa shape index (κ2) is 15.4. The number of nitrogens with zero attached hydrogens (tertiary/aromatic N) is 2. The molecule has 0 amide bonds. The maximum Gasteiger partial charge on any atom is 0.191 e. The van der Waals surface area contributed by atoms with E-state index in [1.165, 1.54) is 5.56 Å². The Labute approximate surface area is 170 Å². The molecular formula is C19H35IN4O. The van der Waals surface area contributed by atoms with E-state index in [4.69, 9.17) is 4.74 Å². The highest BCUT2D eigenvalue weighted by molar-refractivity contribution is 14.0. The van der Waals surface area contributed by atoms with Crippen LogP contribution in [0, 0.1) is 5.92 Å². The van der Waals surface area contributed by atoms with Gasteiger partial charge in [0.1, 0.15) is 0 Å². The van der Waals surface area contributed by atoms with Crippen molar-refractivity contribution in [3.05, 3.63) is 35.9 Å². The first-order chi connectivity index (χ1) is 11.6.